The summed E-state index contributed by atoms with van der Waals surface area (Å²) >= 11 is 0. The molecule has 0 spiro atoms. The first-order valence-electron chi connectivity index (χ1n) is 10.5. The molecule has 3 atom stereocenters. The fourth-order valence-electron chi connectivity index (χ4n) is 4.58. The van der Waals surface area contributed by atoms with Crippen LogP contribution in [-0.4, -0.2) is 32.7 Å². The van der Waals surface area contributed by atoms with Crippen molar-refractivity contribution in [1.82, 2.24) is 10.0 Å². The molecule has 0 aromatic heterocycles. The Morgan fingerprint density at radius 1 is 1.09 bits per heavy atom. The third kappa shape index (κ3) is 3.74. The number of rotatable bonds is 5. The minimum Gasteiger partial charge on any atom is -0.272 e. The molecule has 9 heteroatoms. The molecule has 8 nitrogen and oxygen atoms in total. The molecule has 2 aromatic carbocycles. The summed E-state index contributed by atoms with van der Waals surface area (Å²) in [6, 6.07) is 11.0. The van der Waals surface area contributed by atoms with Crippen LogP contribution in [0.15, 0.2) is 48.5 Å². The van der Waals surface area contributed by atoms with Crippen molar-refractivity contribution in [3.63, 3.8) is 0 Å². The number of benzene rings is 2. The van der Waals surface area contributed by atoms with Crippen LogP contribution in [0.2, 0.25) is 0 Å². The first-order valence-corrected chi connectivity index (χ1v) is 10.5. The summed E-state index contributed by atoms with van der Waals surface area (Å²) in [4.78, 5) is 50.7. The number of nitro groups is 1. The Hall–Kier alpha value is -3.62. The van der Waals surface area contributed by atoms with Crippen LogP contribution in [0.5, 0.6) is 0 Å². The number of hydrogen-bond acceptors (Lipinski definition) is 5. The van der Waals surface area contributed by atoms with E-state index in [2.05, 4.69) is 0 Å². The lowest BCUT2D eigenvalue weighted by Gasteiger charge is -2.30. The molecule has 1 heterocycles. The lowest BCUT2D eigenvalue weighted by atomic mass is 9.76. The van der Waals surface area contributed by atoms with E-state index < -0.39 is 52.5 Å². The van der Waals surface area contributed by atoms with Crippen LogP contribution >= 0.6 is 0 Å². The molecule has 4 rings (SSSR count). The van der Waals surface area contributed by atoms with Crippen molar-refractivity contribution in [3.8, 4) is 0 Å². The number of para-hydroxylation sites is 1. The molecule has 1 aliphatic heterocycles. The van der Waals surface area contributed by atoms with Crippen LogP contribution in [-0.2, 0) is 16.1 Å². The van der Waals surface area contributed by atoms with Gasteiger partial charge in [-0.2, -0.15) is 5.01 Å². The maximum atomic E-state index is 14.4. The number of fused-ring (bicyclic) bond motifs is 1. The van der Waals surface area contributed by atoms with Gasteiger partial charge in [-0.25, -0.2) is 9.40 Å². The van der Waals surface area contributed by atoms with Crippen molar-refractivity contribution in [2.45, 2.75) is 32.7 Å². The first kappa shape index (κ1) is 21.6. The van der Waals surface area contributed by atoms with E-state index in [1.165, 1.54) is 42.5 Å². The number of hydrogen-bond donors (Lipinski definition) is 0. The standard InChI is InChI=1S/C23H22FN3O5/c1-14-10-11-16-18(12-14)23(30)26(22(16)29)25(13-15-6-2-4-8-19(15)24)21(28)17-7-3-5-9-20(17)27(31)32/h2-9,14,16,18H,10-13H2,1H3/t14-,16+,18+/m1/s1. The van der Waals surface area contributed by atoms with Gasteiger partial charge in [-0.1, -0.05) is 37.3 Å². The fourth-order valence-corrected chi connectivity index (χ4v) is 4.58. The third-order valence-electron chi connectivity index (χ3n) is 6.25. The molecule has 1 aliphatic carbocycles. The molecule has 1 saturated carbocycles. The van der Waals surface area contributed by atoms with Gasteiger partial charge in [0.05, 0.1) is 23.3 Å². The molecule has 32 heavy (non-hydrogen) atoms. The van der Waals surface area contributed by atoms with Crippen LogP contribution in [0.1, 0.15) is 42.1 Å². The molecule has 0 radical (unpaired) electrons. The lowest BCUT2D eigenvalue weighted by molar-refractivity contribution is -0.385. The summed E-state index contributed by atoms with van der Waals surface area (Å²) in [5, 5.41) is 13.1. The van der Waals surface area contributed by atoms with E-state index >= 15 is 0 Å². The Kier molecular flexibility index (Phi) is 5.73. The van der Waals surface area contributed by atoms with Crippen molar-refractivity contribution in [2.24, 2.45) is 17.8 Å². The largest absolute Gasteiger partial charge is 0.282 e. The van der Waals surface area contributed by atoms with Gasteiger partial charge in [-0.05, 0) is 37.3 Å². The highest BCUT2D eigenvalue weighted by atomic mass is 19.1. The van der Waals surface area contributed by atoms with Gasteiger partial charge in [-0.15, -0.1) is 0 Å². The zero-order chi connectivity index (χ0) is 23.0. The Balaban J connectivity index is 1.78. The van der Waals surface area contributed by atoms with E-state index in [1.54, 1.807) is 6.07 Å². The summed E-state index contributed by atoms with van der Waals surface area (Å²) in [5.74, 6) is -3.39. The average Bonchev–Trinajstić information content (AvgIpc) is 3.02. The monoisotopic (exact) mass is 439 g/mol. The SMILES string of the molecule is C[C@@H]1CC[C@@H]2C(=O)N(N(Cc3ccccc3F)C(=O)c3ccccc3[N+](=O)[O-])C(=O)[C@H]2C1. The first-order chi connectivity index (χ1) is 15.3. The highest BCUT2D eigenvalue weighted by Gasteiger charge is 2.53. The summed E-state index contributed by atoms with van der Waals surface area (Å²) in [6.07, 6.45) is 1.85. The highest BCUT2D eigenvalue weighted by molar-refractivity contribution is 6.08. The van der Waals surface area contributed by atoms with Gasteiger partial charge < -0.3 is 0 Å². The van der Waals surface area contributed by atoms with Crippen molar-refractivity contribution >= 4 is 23.4 Å². The molecule has 166 valence electrons. The summed E-state index contributed by atoms with van der Waals surface area (Å²) < 4.78 is 14.4. The van der Waals surface area contributed by atoms with Gasteiger partial charge in [0, 0.05) is 11.6 Å². The van der Waals surface area contributed by atoms with Crippen LogP contribution in [0.3, 0.4) is 0 Å². The normalized spacial score (nSPS) is 22.6. The van der Waals surface area contributed by atoms with Crippen LogP contribution < -0.4 is 0 Å². The van der Waals surface area contributed by atoms with Crippen molar-refractivity contribution < 1.29 is 23.7 Å². The molecule has 1 saturated heterocycles. The molecule has 2 fully saturated rings. The number of carbonyl (C=O) groups is 3. The number of nitro benzene ring substituents is 1. The van der Waals surface area contributed by atoms with Gasteiger partial charge in [0.2, 0.25) is 0 Å². The number of hydrazine groups is 1. The molecular formula is C23H22FN3O5. The van der Waals surface area contributed by atoms with E-state index in [0.29, 0.717) is 12.8 Å². The maximum absolute atomic E-state index is 14.4. The smallest absolute Gasteiger partial charge is 0.272 e. The predicted molar refractivity (Wildman–Crippen MR) is 111 cm³/mol. The van der Waals surface area contributed by atoms with Gasteiger partial charge in [0.15, 0.2) is 0 Å². The number of nitrogens with zero attached hydrogens (tertiary/aromatic N) is 3. The topological polar surface area (TPSA) is 101 Å². The molecule has 0 unspecified atom stereocenters. The number of carbonyl (C=O) groups excluding carboxylic acids is 3. The van der Waals surface area contributed by atoms with Gasteiger partial charge in [0.25, 0.3) is 23.4 Å². The number of amides is 3. The zero-order valence-electron chi connectivity index (χ0n) is 17.4. The average molecular weight is 439 g/mol. The summed E-state index contributed by atoms with van der Waals surface area (Å²) in [7, 11) is 0. The predicted octanol–water partition coefficient (Wildman–Crippen LogP) is 3.71. The summed E-state index contributed by atoms with van der Waals surface area (Å²) in [5.41, 5.74) is -0.651. The quantitative estimate of drug-likeness (QED) is 0.402. The summed E-state index contributed by atoms with van der Waals surface area (Å²) in [6.45, 7) is 1.59. The zero-order valence-corrected chi connectivity index (χ0v) is 17.4. The molecule has 0 N–H and O–H groups in total. The van der Waals surface area contributed by atoms with E-state index in [4.69, 9.17) is 0 Å². The van der Waals surface area contributed by atoms with Crippen molar-refractivity contribution in [1.29, 1.82) is 0 Å². The highest BCUT2D eigenvalue weighted by Crippen LogP contribution is 2.41. The van der Waals surface area contributed by atoms with E-state index in [-0.39, 0.29) is 17.0 Å². The van der Waals surface area contributed by atoms with Crippen LogP contribution in [0.4, 0.5) is 10.1 Å². The Morgan fingerprint density at radius 3 is 2.47 bits per heavy atom. The van der Waals surface area contributed by atoms with Crippen molar-refractivity contribution in [2.75, 3.05) is 0 Å². The molecular weight excluding hydrogens is 417 g/mol. The second-order valence-electron chi connectivity index (χ2n) is 8.35. The van der Waals surface area contributed by atoms with Gasteiger partial charge >= 0.3 is 0 Å². The van der Waals surface area contributed by atoms with E-state index in [1.807, 2.05) is 6.92 Å². The Morgan fingerprint density at radius 2 is 1.75 bits per heavy atom. The second kappa shape index (κ2) is 8.49. The molecule has 3 amide bonds. The van der Waals surface area contributed by atoms with Crippen LogP contribution in [0, 0.1) is 33.7 Å². The van der Waals surface area contributed by atoms with E-state index in [0.717, 1.165) is 16.4 Å². The Labute approximate surface area is 183 Å². The number of halogens is 1. The second-order valence-corrected chi connectivity index (χ2v) is 8.35. The minimum atomic E-state index is -0.908. The molecule has 2 aromatic rings. The van der Waals surface area contributed by atoms with Crippen LogP contribution in [0.25, 0.3) is 0 Å². The lowest BCUT2D eigenvalue weighted by Crippen LogP contribution is -2.50. The number of imide groups is 1. The van der Waals surface area contributed by atoms with Crippen molar-refractivity contribution in [3.05, 3.63) is 75.6 Å². The fraction of sp³-hybridized carbons (Fsp3) is 0.348. The van der Waals surface area contributed by atoms with Gasteiger partial charge in [0.1, 0.15) is 11.4 Å². The van der Waals surface area contributed by atoms with E-state index in [9.17, 15) is 28.9 Å². The minimum absolute atomic E-state index is 0.0864. The molecule has 0 bridgehead atoms. The maximum Gasteiger partial charge on any atom is 0.282 e. The molecule has 2 aliphatic rings. The third-order valence-corrected chi connectivity index (χ3v) is 6.25. The Bertz CT molecular complexity index is 1100. The van der Waals surface area contributed by atoms with Gasteiger partial charge in [-0.3, -0.25) is 24.5 Å².